The van der Waals surface area contributed by atoms with Crippen molar-refractivity contribution < 1.29 is 9.90 Å². The fraction of sp³-hybridized carbons (Fsp3) is 0.143. The molecule has 0 spiro atoms. The van der Waals surface area contributed by atoms with E-state index in [0.29, 0.717) is 12.2 Å². The fourth-order valence-electron chi connectivity index (χ4n) is 1.86. The lowest BCUT2D eigenvalue weighted by Gasteiger charge is -2.20. The van der Waals surface area contributed by atoms with E-state index in [0.717, 1.165) is 11.3 Å². The number of hydrogen-bond acceptors (Lipinski definition) is 4. The Morgan fingerprint density at radius 3 is 2.58 bits per heavy atom. The number of anilines is 2. The van der Waals surface area contributed by atoms with E-state index in [2.05, 4.69) is 4.98 Å². The molecule has 0 saturated carbocycles. The number of carbonyl (C=O) groups is 1. The highest BCUT2D eigenvalue weighted by atomic mass is 16.4. The topological polar surface area (TPSA) is 79.5 Å². The molecule has 2 rings (SSSR count). The summed E-state index contributed by atoms with van der Waals surface area (Å²) in [6.07, 6.45) is 3.30. The summed E-state index contributed by atoms with van der Waals surface area (Å²) in [5, 5.41) is 8.84. The van der Waals surface area contributed by atoms with E-state index in [-0.39, 0.29) is 5.56 Å². The first-order valence-corrected chi connectivity index (χ1v) is 5.81. The van der Waals surface area contributed by atoms with E-state index < -0.39 is 5.97 Å². The van der Waals surface area contributed by atoms with Crippen LogP contribution in [0.4, 0.5) is 11.4 Å². The van der Waals surface area contributed by atoms with Crippen molar-refractivity contribution in [1.29, 1.82) is 0 Å². The molecule has 0 fully saturated rings. The maximum absolute atomic E-state index is 10.8. The predicted octanol–water partition coefficient (Wildman–Crippen LogP) is 2.00. The molecule has 1 heterocycles. The van der Waals surface area contributed by atoms with Gasteiger partial charge in [-0.25, -0.2) is 4.79 Å². The molecule has 0 aliphatic rings. The third-order valence-electron chi connectivity index (χ3n) is 2.86. The number of hydrogen-bond donors (Lipinski definition) is 2. The number of benzene rings is 1. The molecule has 98 valence electrons. The van der Waals surface area contributed by atoms with Crippen molar-refractivity contribution in [2.45, 2.75) is 6.54 Å². The van der Waals surface area contributed by atoms with Crippen LogP contribution in [0.1, 0.15) is 15.9 Å². The number of aromatic nitrogens is 1. The molecule has 19 heavy (non-hydrogen) atoms. The summed E-state index contributed by atoms with van der Waals surface area (Å²) >= 11 is 0. The van der Waals surface area contributed by atoms with E-state index in [1.165, 1.54) is 0 Å². The Labute approximate surface area is 111 Å². The second kappa shape index (κ2) is 5.39. The van der Waals surface area contributed by atoms with Gasteiger partial charge in [-0.15, -0.1) is 0 Å². The van der Waals surface area contributed by atoms with Crippen LogP contribution < -0.4 is 10.6 Å². The van der Waals surface area contributed by atoms with Crippen LogP contribution in [0.2, 0.25) is 0 Å². The first-order valence-electron chi connectivity index (χ1n) is 5.81. The molecule has 0 aliphatic heterocycles. The van der Waals surface area contributed by atoms with Gasteiger partial charge in [0, 0.05) is 19.8 Å². The van der Waals surface area contributed by atoms with E-state index in [1.54, 1.807) is 36.7 Å². The Morgan fingerprint density at radius 2 is 2.00 bits per heavy atom. The van der Waals surface area contributed by atoms with Crippen LogP contribution in [-0.2, 0) is 6.54 Å². The van der Waals surface area contributed by atoms with Gasteiger partial charge in [0.15, 0.2) is 0 Å². The van der Waals surface area contributed by atoms with Crippen molar-refractivity contribution in [2.24, 2.45) is 0 Å². The van der Waals surface area contributed by atoms with Gasteiger partial charge in [0.25, 0.3) is 0 Å². The quantitative estimate of drug-likeness (QED) is 0.875. The van der Waals surface area contributed by atoms with Gasteiger partial charge in [0.1, 0.15) is 0 Å². The molecule has 0 radical (unpaired) electrons. The number of carboxylic acids is 1. The number of rotatable bonds is 4. The third-order valence-corrected chi connectivity index (χ3v) is 2.86. The second-order valence-corrected chi connectivity index (χ2v) is 4.29. The average Bonchev–Trinajstić information content (AvgIpc) is 2.39. The van der Waals surface area contributed by atoms with Gasteiger partial charge >= 0.3 is 5.97 Å². The largest absolute Gasteiger partial charge is 0.478 e. The summed E-state index contributed by atoms with van der Waals surface area (Å²) in [7, 11) is 1.93. The minimum atomic E-state index is -0.918. The van der Waals surface area contributed by atoms with Crippen LogP contribution in [0.15, 0.2) is 42.7 Å². The van der Waals surface area contributed by atoms with Gasteiger partial charge in [-0.1, -0.05) is 12.1 Å². The molecule has 0 aliphatic carbocycles. The lowest BCUT2D eigenvalue weighted by Crippen LogP contribution is -2.17. The lowest BCUT2D eigenvalue weighted by atomic mass is 10.1. The van der Waals surface area contributed by atoms with Crippen molar-refractivity contribution >= 4 is 17.3 Å². The number of nitrogens with two attached hydrogens (primary N) is 1. The average molecular weight is 257 g/mol. The fourth-order valence-corrected chi connectivity index (χ4v) is 1.86. The van der Waals surface area contributed by atoms with E-state index in [9.17, 15) is 4.79 Å². The second-order valence-electron chi connectivity index (χ2n) is 4.29. The minimum absolute atomic E-state index is 0.287. The summed E-state index contributed by atoms with van der Waals surface area (Å²) < 4.78 is 0. The summed E-state index contributed by atoms with van der Waals surface area (Å²) in [4.78, 5) is 16.7. The van der Waals surface area contributed by atoms with Crippen molar-refractivity contribution in [2.75, 3.05) is 17.7 Å². The molecule has 3 N–H and O–H groups in total. The Hall–Kier alpha value is -2.56. The van der Waals surface area contributed by atoms with Crippen molar-refractivity contribution in [1.82, 2.24) is 4.98 Å². The molecule has 0 saturated heterocycles. The first-order chi connectivity index (χ1) is 9.08. The van der Waals surface area contributed by atoms with Crippen LogP contribution in [-0.4, -0.2) is 23.1 Å². The molecule has 0 bridgehead atoms. The van der Waals surface area contributed by atoms with Crippen LogP contribution in [0.5, 0.6) is 0 Å². The normalized spacial score (nSPS) is 10.2. The minimum Gasteiger partial charge on any atom is -0.478 e. The maximum atomic E-state index is 10.8. The van der Waals surface area contributed by atoms with Gasteiger partial charge in [-0.2, -0.15) is 0 Å². The van der Waals surface area contributed by atoms with E-state index >= 15 is 0 Å². The molecular weight excluding hydrogens is 242 g/mol. The first kappa shape index (κ1) is 12.9. The Balaban J connectivity index is 2.13. The highest BCUT2D eigenvalue weighted by Gasteiger charge is 2.07. The van der Waals surface area contributed by atoms with Crippen LogP contribution in [0.3, 0.4) is 0 Å². The Morgan fingerprint density at radius 1 is 1.32 bits per heavy atom. The molecule has 2 aromatic rings. The van der Waals surface area contributed by atoms with Gasteiger partial charge < -0.3 is 15.7 Å². The molecule has 1 aromatic heterocycles. The van der Waals surface area contributed by atoms with Crippen molar-refractivity contribution in [3.63, 3.8) is 0 Å². The maximum Gasteiger partial charge on any atom is 0.335 e. The van der Waals surface area contributed by atoms with Crippen LogP contribution >= 0.6 is 0 Å². The van der Waals surface area contributed by atoms with Gasteiger partial charge in [-0.05, 0) is 23.8 Å². The predicted molar refractivity (Wildman–Crippen MR) is 74.2 cm³/mol. The summed E-state index contributed by atoms with van der Waals surface area (Å²) in [6, 6.07) is 8.65. The molecule has 0 atom stereocenters. The smallest absolute Gasteiger partial charge is 0.335 e. The monoisotopic (exact) mass is 257 g/mol. The summed E-state index contributed by atoms with van der Waals surface area (Å²) in [5.41, 5.74) is 8.68. The Bertz CT molecular complexity index is 581. The van der Waals surface area contributed by atoms with Gasteiger partial charge in [0.05, 0.1) is 23.1 Å². The number of nitrogen functional groups attached to an aromatic ring is 1. The lowest BCUT2D eigenvalue weighted by molar-refractivity contribution is 0.0697. The third kappa shape index (κ3) is 3.01. The molecule has 5 heteroatoms. The number of nitrogens with zero attached hydrogens (tertiary/aromatic N) is 2. The van der Waals surface area contributed by atoms with E-state index in [1.807, 2.05) is 18.0 Å². The van der Waals surface area contributed by atoms with Crippen molar-refractivity contribution in [3.05, 3.63) is 53.9 Å². The molecule has 0 unspecified atom stereocenters. The van der Waals surface area contributed by atoms with Crippen LogP contribution in [0.25, 0.3) is 0 Å². The highest BCUT2D eigenvalue weighted by molar-refractivity contribution is 5.87. The zero-order valence-electron chi connectivity index (χ0n) is 10.6. The molecule has 0 amide bonds. The number of carboxylic acid groups (broad SMARTS) is 1. The zero-order valence-corrected chi connectivity index (χ0v) is 10.6. The number of aromatic carboxylic acids is 1. The summed E-state index contributed by atoms with van der Waals surface area (Å²) in [6.45, 7) is 0.647. The van der Waals surface area contributed by atoms with Gasteiger partial charge in [0.2, 0.25) is 0 Å². The van der Waals surface area contributed by atoms with E-state index in [4.69, 9.17) is 10.8 Å². The molecular formula is C14H15N3O2. The number of pyridine rings is 1. The molecule has 5 nitrogen and oxygen atoms in total. The molecule has 1 aromatic carbocycles. The highest BCUT2D eigenvalue weighted by Crippen LogP contribution is 2.21. The zero-order chi connectivity index (χ0) is 13.8. The Kier molecular flexibility index (Phi) is 3.66. The SMILES string of the molecule is CN(Cc1ccc(C(=O)O)cc1)c1ccncc1N. The summed E-state index contributed by atoms with van der Waals surface area (Å²) in [5.74, 6) is -0.918. The van der Waals surface area contributed by atoms with Gasteiger partial charge in [-0.3, -0.25) is 4.98 Å². The standard InChI is InChI=1S/C14H15N3O2/c1-17(13-6-7-16-8-12(13)15)9-10-2-4-11(5-3-10)14(18)19/h2-8H,9,15H2,1H3,(H,18,19). The van der Waals surface area contributed by atoms with Crippen molar-refractivity contribution in [3.8, 4) is 0 Å². The van der Waals surface area contributed by atoms with Crippen LogP contribution in [0, 0.1) is 0 Å².